The Bertz CT molecular complexity index is 1170. The highest BCUT2D eigenvalue weighted by molar-refractivity contribution is 6.42. The summed E-state index contributed by atoms with van der Waals surface area (Å²) in [4.78, 5) is 37.4. The minimum absolute atomic E-state index is 0.219. The Morgan fingerprint density at radius 3 is 1.89 bits per heavy atom. The lowest BCUT2D eigenvalue weighted by Gasteiger charge is -2.13. The topological polar surface area (TPSA) is 133 Å². The molecular weight excluding hydrogens is 407 g/mol. The van der Waals surface area contributed by atoms with Gasteiger partial charge >= 0.3 is 11.9 Å². The van der Waals surface area contributed by atoms with Gasteiger partial charge in [0.05, 0.1) is 10.0 Å². The van der Waals surface area contributed by atoms with Crippen LogP contribution in [0.4, 0.5) is 5.82 Å². The van der Waals surface area contributed by atoms with E-state index in [4.69, 9.17) is 28.9 Å². The van der Waals surface area contributed by atoms with Crippen molar-refractivity contribution in [2.45, 2.75) is 0 Å². The zero-order valence-electron chi connectivity index (χ0n) is 14.0. The predicted octanol–water partition coefficient (Wildman–Crippen LogP) is 3.99. The van der Waals surface area contributed by atoms with Crippen LogP contribution in [0.5, 0.6) is 0 Å². The van der Waals surface area contributed by atoms with Gasteiger partial charge in [-0.05, 0) is 28.8 Å². The van der Waals surface area contributed by atoms with Gasteiger partial charge in [0.2, 0.25) is 0 Å². The summed E-state index contributed by atoms with van der Waals surface area (Å²) in [6.07, 6.45) is 0. The van der Waals surface area contributed by atoms with Gasteiger partial charge in [0, 0.05) is 5.56 Å². The van der Waals surface area contributed by atoms with Crippen LogP contribution < -0.4 is 11.3 Å². The molecule has 0 saturated carbocycles. The molecular formula is C19H12Cl2N2O5. The van der Waals surface area contributed by atoms with Crippen molar-refractivity contribution in [3.8, 4) is 22.3 Å². The van der Waals surface area contributed by atoms with Gasteiger partial charge in [0.25, 0.3) is 5.56 Å². The first-order valence-corrected chi connectivity index (χ1v) is 8.54. The third-order valence-electron chi connectivity index (χ3n) is 4.10. The first-order valence-electron chi connectivity index (χ1n) is 7.79. The Balaban J connectivity index is 2.21. The van der Waals surface area contributed by atoms with Crippen molar-refractivity contribution in [3.63, 3.8) is 0 Å². The SMILES string of the molecule is Nc1[nH]c(=O)c(C(=O)O)c(-c2ccc(-c3ccc(Cl)c(Cl)c3)cc2)c1C(=O)O. The fourth-order valence-corrected chi connectivity index (χ4v) is 3.14. The normalized spacial score (nSPS) is 10.6. The zero-order valence-corrected chi connectivity index (χ0v) is 15.5. The number of nitrogens with one attached hydrogen (secondary N) is 1. The Hall–Kier alpha value is -3.29. The minimum Gasteiger partial charge on any atom is -0.478 e. The second kappa shape index (κ2) is 7.38. The summed E-state index contributed by atoms with van der Waals surface area (Å²) in [5.74, 6) is -3.45. The van der Waals surface area contributed by atoms with Crippen LogP contribution in [0.2, 0.25) is 10.0 Å². The summed E-state index contributed by atoms with van der Waals surface area (Å²) in [5, 5.41) is 19.7. The van der Waals surface area contributed by atoms with Gasteiger partial charge in [-0.2, -0.15) is 0 Å². The summed E-state index contributed by atoms with van der Waals surface area (Å²) in [6.45, 7) is 0. The average molecular weight is 419 g/mol. The summed E-state index contributed by atoms with van der Waals surface area (Å²) < 4.78 is 0. The fourth-order valence-electron chi connectivity index (χ4n) is 2.84. The van der Waals surface area contributed by atoms with Gasteiger partial charge in [-0.3, -0.25) is 4.79 Å². The maximum Gasteiger partial charge on any atom is 0.342 e. The van der Waals surface area contributed by atoms with Gasteiger partial charge < -0.3 is 20.9 Å². The number of nitrogen functional groups attached to an aromatic ring is 1. The number of nitrogens with two attached hydrogens (primary N) is 1. The third kappa shape index (κ3) is 3.45. The maximum absolute atomic E-state index is 12.1. The minimum atomic E-state index is -1.56. The molecule has 0 fully saturated rings. The van der Waals surface area contributed by atoms with Crippen LogP contribution >= 0.6 is 23.2 Å². The van der Waals surface area contributed by atoms with E-state index in [1.807, 2.05) is 0 Å². The van der Waals surface area contributed by atoms with Crippen LogP contribution in [0.25, 0.3) is 22.3 Å². The molecule has 7 nitrogen and oxygen atoms in total. The maximum atomic E-state index is 12.1. The van der Waals surface area contributed by atoms with E-state index in [0.717, 1.165) is 11.1 Å². The highest BCUT2D eigenvalue weighted by atomic mass is 35.5. The number of rotatable bonds is 4. The molecule has 28 heavy (non-hydrogen) atoms. The van der Waals surface area contributed by atoms with Crippen molar-refractivity contribution in [1.29, 1.82) is 0 Å². The molecule has 0 unspecified atom stereocenters. The lowest BCUT2D eigenvalue weighted by molar-refractivity contribution is 0.0695. The average Bonchev–Trinajstić information content (AvgIpc) is 2.62. The molecule has 0 atom stereocenters. The molecule has 0 aliphatic heterocycles. The molecule has 0 aliphatic carbocycles. The number of H-pyrrole nitrogens is 1. The highest BCUT2D eigenvalue weighted by Gasteiger charge is 2.26. The van der Waals surface area contributed by atoms with E-state index in [1.54, 1.807) is 30.3 Å². The summed E-state index contributed by atoms with van der Waals surface area (Å²) in [5.41, 5.74) is 4.89. The predicted molar refractivity (Wildman–Crippen MR) is 106 cm³/mol. The summed E-state index contributed by atoms with van der Waals surface area (Å²) >= 11 is 11.9. The Labute approximate surface area is 168 Å². The number of pyridine rings is 1. The number of carboxylic acid groups (broad SMARTS) is 2. The Kier molecular flexibility index (Phi) is 5.13. The molecule has 1 heterocycles. The number of aromatic nitrogens is 1. The largest absolute Gasteiger partial charge is 0.478 e. The zero-order chi connectivity index (χ0) is 20.6. The standard InChI is InChI=1S/C19H12Cl2N2O5/c20-11-6-5-10(7-12(11)21)8-1-3-9(4-2-8)13-14(18(25)26)16(22)23-17(24)15(13)19(27)28/h1-7H,(H,25,26)(H,27,28)(H3,22,23,24). The number of halogens is 2. The summed E-state index contributed by atoms with van der Waals surface area (Å²) in [6, 6.07) is 11.3. The van der Waals surface area contributed by atoms with Crippen molar-refractivity contribution in [2.75, 3.05) is 5.73 Å². The molecule has 0 bridgehead atoms. The second-order valence-corrected chi connectivity index (χ2v) is 6.62. The number of aromatic amines is 1. The molecule has 9 heteroatoms. The van der Waals surface area contributed by atoms with Crippen molar-refractivity contribution in [1.82, 2.24) is 4.98 Å². The molecule has 3 aromatic rings. The second-order valence-electron chi connectivity index (χ2n) is 5.81. The molecule has 1 aromatic heterocycles. The van der Waals surface area contributed by atoms with E-state index >= 15 is 0 Å². The Morgan fingerprint density at radius 2 is 1.36 bits per heavy atom. The van der Waals surface area contributed by atoms with E-state index in [9.17, 15) is 24.6 Å². The van der Waals surface area contributed by atoms with Gasteiger partial charge in [-0.25, -0.2) is 9.59 Å². The molecule has 0 radical (unpaired) electrons. The van der Waals surface area contributed by atoms with E-state index in [0.29, 0.717) is 10.0 Å². The van der Waals surface area contributed by atoms with E-state index < -0.39 is 34.4 Å². The van der Waals surface area contributed by atoms with Crippen LogP contribution in [0.15, 0.2) is 47.3 Å². The molecule has 0 saturated heterocycles. The first kappa shape index (κ1) is 19.5. The van der Waals surface area contributed by atoms with Gasteiger partial charge in [-0.15, -0.1) is 0 Å². The quantitative estimate of drug-likeness (QED) is 0.505. The number of carbonyl (C=O) groups is 2. The number of hydrogen-bond donors (Lipinski definition) is 4. The highest BCUT2D eigenvalue weighted by Crippen LogP contribution is 2.32. The van der Waals surface area contributed by atoms with Crippen molar-refractivity contribution >= 4 is 41.0 Å². The molecule has 142 valence electrons. The number of carboxylic acids is 2. The Morgan fingerprint density at radius 1 is 0.821 bits per heavy atom. The smallest absolute Gasteiger partial charge is 0.342 e. The van der Waals surface area contributed by atoms with Crippen molar-refractivity contribution < 1.29 is 19.8 Å². The molecule has 3 rings (SSSR count). The summed E-state index contributed by atoms with van der Waals surface area (Å²) in [7, 11) is 0. The van der Waals surface area contributed by atoms with E-state index in [1.165, 1.54) is 12.1 Å². The lowest BCUT2D eigenvalue weighted by Crippen LogP contribution is -2.24. The van der Waals surface area contributed by atoms with Crippen LogP contribution in [0, 0.1) is 0 Å². The van der Waals surface area contributed by atoms with Crippen molar-refractivity contribution in [2.24, 2.45) is 0 Å². The van der Waals surface area contributed by atoms with Crippen LogP contribution in [0.1, 0.15) is 20.7 Å². The monoisotopic (exact) mass is 418 g/mol. The van der Waals surface area contributed by atoms with Crippen LogP contribution in [-0.4, -0.2) is 27.1 Å². The number of anilines is 1. The van der Waals surface area contributed by atoms with Gasteiger partial charge in [0.1, 0.15) is 16.9 Å². The van der Waals surface area contributed by atoms with Gasteiger partial charge in [0.15, 0.2) is 0 Å². The molecule has 5 N–H and O–H groups in total. The number of aromatic carboxylic acids is 2. The molecule has 2 aromatic carbocycles. The van der Waals surface area contributed by atoms with Crippen LogP contribution in [0.3, 0.4) is 0 Å². The first-order chi connectivity index (χ1) is 13.2. The fraction of sp³-hybridized carbons (Fsp3) is 0. The number of benzene rings is 2. The third-order valence-corrected chi connectivity index (χ3v) is 4.84. The molecule has 0 aliphatic rings. The number of hydrogen-bond acceptors (Lipinski definition) is 4. The molecule has 0 amide bonds. The molecule has 0 spiro atoms. The van der Waals surface area contributed by atoms with Crippen molar-refractivity contribution in [3.05, 3.63) is 74.0 Å². The van der Waals surface area contributed by atoms with E-state index in [-0.39, 0.29) is 11.1 Å². The van der Waals surface area contributed by atoms with Crippen LogP contribution in [-0.2, 0) is 0 Å². The van der Waals surface area contributed by atoms with Gasteiger partial charge in [-0.1, -0.05) is 53.5 Å². The van der Waals surface area contributed by atoms with E-state index in [2.05, 4.69) is 4.98 Å². The lowest BCUT2D eigenvalue weighted by atomic mass is 9.94.